The van der Waals surface area contributed by atoms with E-state index in [0.717, 1.165) is 5.56 Å². The van der Waals surface area contributed by atoms with Gasteiger partial charge >= 0.3 is 0 Å². The SMILES string of the molecule is COc1ccc(-c2noc(CNS(=O)(=O)Cc3ccc(Cl)cc3)n2)cc1. The highest BCUT2D eigenvalue weighted by Gasteiger charge is 2.15. The zero-order valence-corrected chi connectivity index (χ0v) is 15.4. The first kappa shape index (κ1) is 18.4. The second-order valence-electron chi connectivity index (χ2n) is 5.45. The minimum atomic E-state index is -3.55. The van der Waals surface area contributed by atoms with Crippen LogP contribution in [-0.2, 0) is 22.3 Å². The third kappa shape index (κ3) is 4.81. The number of hydrogen-bond acceptors (Lipinski definition) is 6. The van der Waals surface area contributed by atoms with Gasteiger partial charge in [0.2, 0.25) is 21.7 Å². The van der Waals surface area contributed by atoms with E-state index >= 15 is 0 Å². The Morgan fingerprint density at radius 1 is 1.12 bits per heavy atom. The number of sulfonamides is 1. The molecule has 1 aromatic heterocycles. The molecule has 26 heavy (non-hydrogen) atoms. The molecular weight excluding hydrogens is 378 g/mol. The second kappa shape index (κ2) is 7.86. The van der Waals surface area contributed by atoms with Crippen molar-refractivity contribution in [1.29, 1.82) is 0 Å². The number of methoxy groups -OCH3 is 1. The van der Waals surface area contributed by atoms with Crippen LogP contribution in [0.4, 0.5) is 0 Å². The number of aromatic nitrogens is 2. The van der Waals surface area contributed by atoms with Gasteiger partial charge in [0.25, 0.3) is 0 Å². The second-order valence-corrected chi connectivity index (χ2v) is 7.69. The number of halogens is 1. The summed E-state index contributed by atoms with van der Waals surface area (Å²) in [5, 5.41) is 4.41. The van der Waals surface area contributed by atoms with Crippen LogP contribution in [0.1, 0.15) is 11.5 Å². The standard InChI is InChI=1S/C17H16ClN3O4S/c1-24-15-8-4-13(5-9-15)17-20-16(25-21-17)10-19-26(22,23)11-12-2-6-14(18)7-3-12/h2-9,19H,10-11H2,1H3. The zero-order valence-electron chi connectivity index (χ0n) is 13.8. The molecule has 0 spiro atoms. The number of rotatable bonds is 7. The molecule has 0 aliphatic rings. The van der Waals surface area contributed by atoms with Crippen molar-refractivity contribution in [2.45, 2.75) is 12.3 Å². The zero-order chi connectivity index (χ0) is 18.6. The van der Waals surface area contributed by atoms with Crippen LogP contribution in [0.5, 0.6) is 5.75 Å². The van der Waals surface area contributed by atoms with E-state index in [1.165, 1.54) is 0 Å². The lowest BCUT2D eigenvalue weighted by Gasteiger charge is -2.04. The van der Waals surface area contributed by atoms with Crippen LogP contribution >= 0.6 is 11.6 Å². The summed E-state index contributed by atoms with van der Waals surface area (Å²) in [5.41, 5.74) is 1.37. The van der Waals surface area contributed by atoms with E-state index in [4.69, 9.17) is 20.9 Å². The first-order chi connectivity index (χ1) is 12.4. The summed E-state index contributed by atoms with van der Waals surface area (Å²) in [6.07, 6.45) is 0. The third-order valence-corrected chi connectivity index (χ3v) is 5.08. The summed E-state index contributed by atoms with van der Waals surface area (Å²) in [5.74, 6) is 1.10. The lowest BCUT2D eigenvalue weighted by molar-refractivity contribution is 0.376. The Bertz CT molecular complexity index is 970. The van der Waals surface area contributed by atoms with Gasteiger partial charge < -0.3 is 9.26 Å². The van der Waals surface area contributed by atoms with Gasteiger partial charge in [0, 0.05) is 10.6 Å². The minimum Gasteiger partial charge on any atom is -0.497 e. The summed E-state index contributed by atoms with van der Waals surface area (Å²) in [4.78, 5) is 4.19. The smallest absolute Gasteiger partial charge is 0.242 e. The topological polar surface area (TPSA) is 94.3 Å². The van der Waals surface area contributed by atoms with E-state index in [0.29, 0.717) is 22.2 Å². The Labute approximate surface area is 156 Å². The van der Waals surface area contributed by atoms with Crippen LogP contribution < -0.4 is 9.46 Å². The van der Waals surface area contributed by atoms with Gasteiger partial charge in [-0.2, -0.15) is 4.98 Å². The molecule has 2 aromatic carbocycles. The van der Waals surface area contributed by atoms with Crippen LogP contribution in [0.15, 0.2) is 53.1 Å². The van der Waals surface area contributed by atoms with Crippen molar-refractivity contribution in [2.75, 3.05) is 7.11 Å². The maximum atomic E-state index is 12.2. The highest BCUT2D eigenvalue weighted by atomic mass is 35.5. The number of nitrogens with zero attached hydrogens (tertiary/aromatic N) is 2. The Kier molecular flexibility index (Phi) is 5.55. The first-order valence-electron chi connectivity index (χ1n) is 7.64. The summed E-state index contributed by atoms with van der Waals surface area (Å²) >= 11 is 5.79. The molecule has 7 nitrogen and oxygen atoms in total. The lowest BCUT2D eigenvalue weighted by atomic mass is 10.2. The fraction of sp³-hybridized carbons (Fsp3) is 0.176. The molecular formula is C17H16ClN3O4S. The molecule has 0 saturated carbocycles. The van der Waals surface area contributed by atoms with E-state index in [1.54, 1.807) is 55.6 Å². The average molecular weight is 394 g/mol. The lowest BCUT2D eigenvalue weighted by Crippen LogP contribution is -2.24. The van der Waals surface area contributed by atoms with Crippen molar-refractivity contribution in [1.82, 2.24) is 14.9 Å². The first-order valence-corrected chi connectivity index (χ1v) is 9.67. The number of hydrogen-bond donors (Lipinski definition) is 1. The van der Waals surface area contributed by atoms with Crippen LogP contribution in [0.3, 0.4) is 0 Å². The minimum absolute atomic E-state index is 0.0842. The van der Waals surface area contributed by atoms with Gasteiger partial charge in [-0.1, -0.05) is 28.9 Å². The molecule has 0 aliphatic heterocycles. The van der Waals surface area contributed by atoms with Crippen molar-refractivity contribution in [3.63, 3.8) is 0 Å². The molecule has 3 aromatic rings. The third-order valence-electron chi connectivity index (χ3n) is 3.53. The van der Waals surface area contributed by atoms with Crippen molar-refractivity contribution in [2.24, 2.45) is 0 Å². The fourth-order valence-electron chi connectivity index (χ4n) is 2.21. The quantitative estimate of drug-likeness (QED) is 0.663. The molecule has 3 rings (SSSR count). The molecule has 136 valence electrons. The highest BCUT2D eigenvalue weighted by molar-refractivity contribution is 7.88. The van der Waals surface area contributed by atoms with Gasteiger partial charge in [0.1, 0.15) is 5.75 Å². The maximum Gasteiger partial charge on any atom is 0.242 e. The molecule has 0 atom stereocenters. The van der Waals surface area contributed by atoms with Crippen LogP contribution in [0, 0.1) is 0 Å². The summed E-state index contributed by atoms with van der Waals surface area (Å²) in [6.45, 7) is -0.0842. The summed E-state index contributed by atoms with van der Waals surface area (Å²) in [6, 6.07) is 13.7. The molecule has 0 bridgehead atoms. The van der Waals surface area contributed by atoms with Crippen molar-refractivity contribution in [3.05, 3.63) is 65.0 Å². The number of ether oxygens (including phenoxy) is 1. The van der Waals surface area contributed by atoms with Gasteiger partial charge in [-0.3, -0.25) is 0 Å². The van der Waals surface area contributed by atoms with Gasteiger partial charge in [-0.05, 0) is 42.0 Å². The van der Waals surface area contributed by atoms with Crippen LogP contribution in [0.2, 0.25) is 5.02 Å². The summed E-state index contributed by atoms with van der Waals surface area (Å²) in [7, 11) is -1.97. The normalized spacial score (nSPS) is 11.5. The maximum absolute atomic E-state index is 12.2. The monoisotopic (exact) mass is 393 g/mol. The molecule has 9 heteroatoms. The molecule has 0 amide bonds. The molecule has 1 N–H and O–H groups in total. The Morgan fingerprint density at radius 3 is 2.46 bits per heavy atom. The number of benzene rings is 2. The summed E-state index contributed by atoms with van der Waals surface area (Å²) < 4.78 is 37.0. The van der Waals surface area contributed by atoms with Gasteiger partial charge in [0.15, 0.2) is 0 Å². The van der Waals surface area contributed by atoms with Crippen LogP contribution in [-0.4, -0.2) is 25.7 Å². The van der Waals surface area contributed by atoms with E-state index in [2.05, 4.69) is 14.9 Å². The van der Waals surface area contributed by atoms with Crippen molar-refractivity contribution < 1.29 is 17.7 Å². The average Bonchev–Trinajstić information content (AvgIpc) is 3.11. The van der Waals surface area contributed by atoms with Gasteiger partial charge in [-0.15, -0.1) is 0 Å². The Hall–Kier alpha value is -2.42. The predicted molar refractivity (Wildman–Crippen MR) is 97.2 cm³/mol. The van der Waals surface area contributed by atoms with E-state index in [-0.39, 0.29) is 18.2 Å². The molecule has 0 radical (unpaired) electrons. The molecule has 0 fully saturated rings. The van der Waals surface area contributed by atoms with Gasteiger partial charge in [-0.25, -0.2) is 13.1 Å². The molecule has 0 aliphatic carbocycles. The molecule has 1 heterocycles. The Balaban J connectivity index is 1.62. The predicted octanol–water partition coefficient (Wildman–Crippen LogP) is 3.02. The van der Waals surface area contributed by atoms with Gasteiger partial charge in [0.05, 0.1) is 19.4 Å². The fourth-order valence-corrected chi connectivity index (χ4v) is 3.41. The molecule has 0 saturated heterocycles. The molecule has 0 unspecified atom stereocenters. The largest absolute Gasteiger partial charge is 0.497 e. The highest BCUT2D eigenvalue weighted by Crippen LogP contribution is 2.19. The van der Waals surface area contributed by atoms with E-state index < -0.39 is 10.0 Å². The van der Waals surface area contributed by atoms with Crippen LogP contribution in [0.25, 0.3) is 11.4 Å². The Morgan fingerprint density at radius 2 is 1.81 bits per heavy atom. The van der Waals surface area contributed by atoms with E-state index in [9.17, 15) is 8.42 Å². The van der Waals surface area contributed by atoms with Crippen molar-refractivity contribution in [3.8, 4) is 17.1 Å². The van der Waals surface area contributed by atoms with Crippen molar-refractivity contribution >= 4 is 21.6 Å². The van der Waals surface area contributed by atoms with E-state index in [1.807, 2.05) is 0 Å². The number of nitrogens with one attached hydrogen (secondary N) is 1.